The van der Waals surface area contributed by atoms with E-state index >= 15 is 0 Å². The Balaban J connectivity index is 2.87. The number of benzene rings is 1. The summed E-state index contributed by atoms with van der Waals surface area (Å²) >= 11 is 0. The molecule has 0 bridgehead atoms. The van der Waals surface area contributed by atoms with E-state index in [0.717, 1.165) is 22.5 Å². The molecule has 1 aromatic heterocycles. The minimum absolute atomic E-state index is 0.0482. The van der Waals surface area contributed by atoms with E-state index in [1.807, 2.05) is 26.0 Å². The molecule has 0 amide bonds. The highest BCUT2D eigenvalue weighted by atomic mass is 16.5. The molecular formula is C12H13NO2. The van der Waals surface area contributed by atoms with Crippen LogP contribution in [0.1, 0.15) is 11.3 Å². The Bertz CT molecular complexity index is 570. The molecule has 15 heavy (non-hydrogen) atoms. The summed E-state index contributed by atoms with van der Waals surface area (Å²) in [7, 11) is 1.63. The number of aromatic nitrogens is 1. The molecule has 0 aliphatic heterocycles. The number of nitrogens with one attached hydrogen (secondary N) is 1. The van der Waals surface area contributed by atoms with Crippen molar-refractivity contribution < 1.29 is 4.74 Å². The zero-order valence-electron chi connectivity index (χ0n) is 9.05. The standard InChI is InChI=1S/C12H13NO2/c1-7-4-9-10(6-12(7)15-3)13-8(2)5-11(9)14/h4-6H,1-3H3,(H,13,14). The van der Waals surface area contributed by atoms with Gasteiger partial charge >= 0.3 is 0 Å². The lowest BCUT2D eigenvalue weighted by molar-refractivity contribution is 0.412. The molecule has 0 fully saturated rings. The van der Waals surface area contributed by atoms with Crippen molar-refractivity contribution in [1.29, 1.82) is 0 Å². The molecule has 0 spiro atoms. The third-order valence-electron chi connectivity index (χ3n) is 2.48. The topological polar surface area (TPSA) is 42.1 Å². The van der Waals surface area contributed by atoms with Gasteiger partial charge in [0.05, 0.1) is 12.6 Å². The molecule has 3 nitrogen and oxygen atoms in total. The minimum atomic E-state index is 0.0482. The number of rotatable bonds is 1. The first-order valence-corrected chi connectivity index (χ1v) is 4.80. The lowest BCUT2D eigenvalue weighted by Crippen LogP contribution is -2.03. The van der Waals surface area contributed by atoms with E-state index in [1.165, 1.54) is 0 Å². The van der Waals surface area contributed by atoms with Gasteiger partial charge in [-0.2, -0.15) is 0 Å². The minimum Gasteiger partial charge on any atom is -0.496 e. The van der Waals surface area contributed by atoms with Crippen LogP contribution < -0.4 is 10.2 Å². The molecule has 78 valence electrons. The van der Waals surface area contributed by atoms with Crippen LogP contribution in [0.25, 0.3) is 10.9 Å². The van der Waals surface area contributed by atoms with Gasteiger partial charge < -0.3 is 9.72 Å². The van der Waals surface area contributed by atoms with Crippen LogP contribution in [0.3, 0.4) is 0 Å². The van der Waals surface area contributed by atoms with E-state index in [-0.39, 0.29) is 5.43 Å². The Morgan fingerprint density at radius 2 is 1.93 bits per heavy atom. The fourth-order valence-corrected chi connectivity index (χ4v) is 1.74. The second kappa shape index (κ2) is 3.42. The molecule has 1 N–H and O–H groups in total. The molecule has 2 rings (SSSR count). The summed E-state index contributed by atoms with van der Waals surface area (Å²) in [6, 6.07) is 5.32. The number of ether oxygens (including phenoxy) is 1. The van der Waals surface area contributed by atoms with Crippen LogP contribution in [0.15, 0.2) is 23.0 Å². The van der Waals surface area contributed by atoms with Crippen LogP contribution >= 0.6 is 0 Å². The summed E-state index contributed by atoms with van der Waals surface area (Å²) in [6.45, 7) is 3.80. The zero-order valence-corrected chi connectivity index (χ0v) is 9.05. The maximum atomic E-state index is 11.7. The zero-order chi connectivity index (χ0) is 11.0. The smallest absolute Gasteiger partial charge is 0.189 e. The fourth-order valence-electron chi connectivity index (χ4n) is 1.74. The summed E-state index contributed by atoms with van der Waals surface area (Å²) < 4.78 is 5.21. The van der Waals surface area contributed by atoms with E-state index in [2.05, 4.69) is 4.98 Å². The van der Waals surface area contributed by atoms with Crippen LogP contribution in [0.2, 0.25) is 0 Å². The monoisotopic (exact) mass is 203 g/mol. The van der Waals surface area contributed by atoms with Gasteiger partial charge in [0.15, 0.2) is 5.43 Å². The third-order valence-corrected chi connectivity index (χ3v) is 2.48. The first kappa shape index (κ1) is 9.77. The quantitative estimate of drug-likeness (QED) is 0.771. The summed E-state index contributed by atoms with van der Waals surface area (Å²) in [4.78, 5) is 14.8. The highest BCUT2D eigenvalue weighted by molar-refractivity contribution is 5.81. The molecule has 0 radical (unpaired) electrons. The Morgan fingerprint density at radius 1 is 1.20 bits per heavy atom. The largest absolute Gasteiger partial charge is 0.496 e. The van der Waals surface area contributed by atoms with Crippen molar-refractivity contribution in [2.24, 2.45) is 0 Å². The molecule has 2 aromatic rings. The summed E-state index contributed by atoms with van der Waals surface area (Å²) in [5, 5.41) is 0.707. The summed E-state index contributed by atoms with van der Waals surface area (Å²) in [5.74, 6) is 0.795. The molecule has 1 aromatic carbocycles. The highest BCUT2D eigenvalue weighted by Gasteiger charge is 2.04. The predicted molar refractivity (Wildman–Crippen MR) is 60.6 cm³/mol. The maximum Gasteiger partial charge on any atom is 0.189 e. The Hall–Kier alpha value is -1.77. The number of aromatic amines is 1. The molecule has 0 saturated carbocycles. The van der Waals surface area contributed by atoms with E-state index in [4.69, 9.17) is 4.74 Å². The van der Waals surface area contributed by atoms with Crippen molar-refractivity contribution >= 4 is 10.9 Å². The van der Waals surface area contributed by atoms with Gasteiger partial charge in [-0.15, -0.1) is 0 Å². The van der Waals surface area contributed by atoms with Gasteiger partial charge in [-0.1, -0.05) is 0 Å². The van der Waals surface area contributed by atoms with Gasteiger partial charge in [0, 0.05) is 23.2 Å². The highest BCUT2D eigenvalue weighted by Crippen LogP contribution is 2.22. The third kappa shape index (κ3) is 1.61. The maximum absolute atomic E-state index is 11.7. The van der Waals surface area contributed by atoms with Gasteiger partial charge in [-0.05, 0) is 25.5 Å². The van der Waals surface area contributed by atoms with Crippen LogP contribution in [-0.4, -0.2) is 12.1 Å². The Morgan fingerprint density at radius 3 is 2.60 bits per heavy atom. The normalized spacial score (nSPS) is 10.6. The van der Waals surface area contributed by atoms with Crippen LogP contribution in [-0.2, 0) is 0 Å². The summed E-state index contributed by atoms with van der Waals surface area (Å²) in [5.41, 5.74) is 2.70. The van der Waals surface area contributed by atoms with Crippen LogP contribution in [0.4, 0.5) is 0 Å². The second-order valence-electron chi connectivity index (χ2n) is 3.68. The van der Waals surface area contributed by atoms with Gasteiger partial charge in [-0.3, -0.25) is 4.79 Å². The Kier molecular flexibility index (Phi) is 2.23. The van der Waals surface area contributed by atoms with Crippen LogP contribution in [0.5, 0.6) is 5.75 Å². The van der Waals surface area contributed by atoms with Gasteiger partial charge in [-0.25, -0.2) is 0 Å². The number of hydrogen-bond acceptors (Lipinski definition) is 2. The van der Waals surface area contributed by atoms with E-state index < -0.39 is 0 Å². The number of pyridine rings is 1. The average Bonchev–Trinajstić information content (AvgIpc) is 2.18. The molecule has 1 heterocycles. The van der Waals surface area contributed by atoms with Crippen molar-refractivity contribution in [3.05, 3.63) is 39.7 Å². The van der Waals surface area contributed by atoms with Crippen molar-refractivity contribution in [1.82, 2.24) is 4.98 Å². The Labute approximate surface area is 87.7 Å². The number of H-pyrrole nitrogens is 1. The molecule has 0 atom stereocenters. The summed E-state index contributed by atoms with van der Waals surface area (Å²) in [6.07, 6.45) is 0. The second-order valence-corrected chi connectivity index (χ2v) is 3.68. The molecule has 3 heteroatoms. The van der Waals surface area contributed by atoms with Gasteiger partial charge in [0.25, 0.3) is 0 Å². The molecule has 0 aliphatic carbocycles. The van der Waals surface area contributed by atoms with E-state index in [1.54, 1.807) is 13.2 Å². The fraction of sp³-hybridized carbons (Fsp3) is 0.250. The van der Waals surface area contributed by atoms with Crippen molar-refractivity contribution in [3.8, 4) is 5.75 Å². The lowest BCUT2D eigenvalue weighted by atomic mass is 10.1. The molecule has 0 saturated heterocycles. The molecule has 0 aliphatic rings. The van der Waals surface area contributed by atoms with Crippen LogP contribution in [0, 0.1) is 13.8 Å². The SMILES string of the molecule is COc1cc2[nH]c(C)cc(=O)c2cc1C. The lowest BCUT2D eigenvalue weighted by Gasteiger charge is -2.06. The number of aryl methyl sites for hydroxylation is 2. The van der Waals surface area contributed by atoms with E-state index in [9.17, 15) is 4.79 Å². The molecular weight excluding hydrogens is 190 g/mol. The van der Waals surface area contributed by atoms with Crippen molar-refractivity contribution in [3.63, 3.8) is 0 Å². The van der Waals surface area contributed by atoms with Crippen molar-refractivity contribution in [2.45, 2.75) is 13.8 Å². The van der Waals surface area contributed by atoms with E-state index in [0.29, 0.717) is 5.39 Å². The first-order chi connectivity index (χ1) is 7.11. The van der Waals surface area contributed by atoms with Gasteiger partial charge in [0.1, 0.15) is 5.75 Å². The molecule has 0 unspecified atom stereocenters. The first-order valence-electron chi connectivity index (χ1n) is 4.80. The number of hydrogen-bond donors (Lipinski definition) is 1. The predicted octanol–water partition coefficient (Wildman–Crippen LogP) is 2.15. The number of fused-ring (bicyclic) bond motifs is 1. The van der Waals surface area contributed by atoms with Crippen molar-refractivity contribution in [2.75, 3.05) is 7.11 Å². The van der Waals surface area contributed by atoms with Gasteiger partial charge in [0.2, 0.25) is 0 Å². The number of methoxy groups -OCH3 is 1. The average molecular weight is 203 g/mol.